The maximum absolute atomic E-state index is 12.3. The predicted molar refractivity (Wildman–Crippen MR) is 93.7 cm³/mol. The molecule has 2 N–H and O–H groups in total. The molecule has 0 bridgehead atoms. The topological polar surface area (TPSA) is 90.2 Å². The Bertz CT molecular complexity index is 905. The van der Waals surface area contributed by atoms with Crippen molar-refractivity contribution in [2.75, 3.05) is 5.32 Å². The molecule has 0 aromatic heterocycles. The number of aliphatic carboxylic acids is 1. The van der Waals surface area contributed by atoms with Crippen molar-refractivity contribution in [3.8, 4) is 17.2 Å². The van der Waals surface area contributed by atoms with Crippen LogP contribution in [-0.4, -0.2) is 17.0 Å². The molecule has 124 valence electrons. The Kier molecular flexibility index (Phi) is 4.62. The smallest absolute Gasteiger partial charge is 0.332 e. The largest absolute Gasteiger partial charge is 0.478 e. The first-order chi connectivity index (χ1) is 12.1. The number of hydrogen-bond acceptors (Lipinski definition) is 3. The molecule has 0 aliphatic heterocycles. The van der Waals surface area contributed by atoms with Crippen molar-refractivity contribution in [1.29, 1.82) is 5.26 Å². The van der Waals surface area contributed by atoms with Gasteiger partial charge < -0.3 is 10.4 Å². The van der Waals surface area contributed by atoms with Crippen LogP contribution in [0.5, 0.6) is 0 Å². The summed E-state index contributed by atoms with van der Waals surface area (Å²) >= 11 is 0. The first kappa shape index (κ1) is 16.5. The number of hydrogen-bond donors (Lipinski definition) is 2. The fourth-order valence-electron chi connectivity index (χ4n) is 2.95. The fraction of sp³-hybridized carbons (Fsp3) is 0.150. The summed E-state index contributed by atoms with van der Waals surface area (Å²) < 4.78 is 0. The van der Waals surface area contributed by atoms with Crippen LogP contribution in [0.4, 0.5) is 5.69 Å². The number of rotatable bonds is 4. The molecule has 1 amide bonds. The third-order valence-corrected chi connectivity index (χ3v) is 4.22. The highest BCUT2D eigenvalue weighted by molar-refractivity contribution is 6.09. The van der Waals surface area contributed by atoms with Gasteiger partial charge in [0.15, 0.2) is 0 Å². The molecule has 5 nitrogen and oxygen atoms in total. The van der Waals surface area contributed by atoms with E-state index in [9.17, 15) is 9.59 Å². The molecule has 0 fully saturated rings. The number of anilines is 1. The second kappa shape index (κ2) is 7.02. The second-order valence-corrected chi connectivity index (χ2v) is 5.84. The summed E-state index contributed by atoms with van der Waals surface area (Å²) in [5.74, 6) is -1.37. The van der Waals surface area contributed by atoms with E-state index in [1.165, 1.54) is 0 Å². The number of nitrogens with zero attached hydrogens (tertiary/aromatic N) is 1. The predicted octanol–water partition coefficient (Wildman–Crippen LogP) is 3.73. The van der Waals surface area contributed by atoms with Crippen molar-refractivity contribution in [2.24, 2.45) is 0 Å². The molecular formula is C20H16N2O3. The molecule has 3 rings (SSSR count). The van der Waals surface area contributed by atoms with Crippen LogP contribution in [0.2, 0.25) is 0 Å². The van der Waals surface area contributed by atoms with Crippen LogP contribution in [0, 0.1) is 11.3 Å². The van der Waals surface area contributed by atoms with Crippen LogP contribution in [0.1, 0.15) is 24.8 Å². The highest BCUT2D eigenvalue weighted by Crippen LogP contribution is 2.28. The number of nitriles is 1. The average Bonchev–Trinajstić information content (AvgIpc) is 3.13. The van der Waals surface area contributed by atoms with E-state index in [-0.39, 0.29) is 11.5 Å². The first-order valence-electron chi connectivity index (χ1n) is 7.96. The summed E-state index contributed by atoms with van der Waals surface area (Å²) in [6.45, 7) is 0. The van der Waals surface area contributed by atoms with Gasteiger partial charge in [-0.05, 0) is 54.7 Å². The highest BCUT2D eigenvalue weighted by Gasteiger charge is 2.25. The molecule has 0 radical (unpaired) electrons. The van der Waals surface area contributed by atoms with Crippen molar-refractivity contribution in [2.45, 2.75) is 19.3 Å². The molecule has 5 heteroatoms. The van der Waals surface area contributed by atoms with Gasteiger partial charge in [0.05, 0.1) is 11.6 Å². The van der Waals surface area contributed by atoms with E-state index >= 15 is 0 Å². The standard InChI is InChI=1S/C20H16N2O3/c21-12-13-3-1-4-15(11-13)14-7-9-16(10-8-14)22-19(23)17-5-2-6-18(17)20(24)25/h1,3-4,7-11H,2,5-6H2,(H,22,23)(H,24,25). The summed E-state index contributed by atoms with van der Waals surface area (Å²) in [4.78, 5) is 23.5. The number of carboxylic acids is 1. The van der Waals surface area contributed by atoms with Crippen LogP contribution in [0.3, 0.4) is 0 Å². The number of amides is 1. The van der Waals surface area contributed by atoms with Gasteiger partial charge in [0.25, 0.3) is 5.91 Å². The molecule has 25 heavy (non-hydrogen) atoms. The monoisotopic (exact) mass is 332 g/mol. The molecule has 0 saturated carbocycles. The van der Waals surface area contributed by atoms with Crippen LogP contribution in [0.25, 0.3) is 11.1 Å². The zero-order valence-corrected chi connectivity index (χ0v) is 13.5. The minimum atomic E-state index is -1.02. The van der Waals surface area contributed by atoms with E-state index in [0.717, 1.165) is 11.1 Å². The van der Waals surface area contributed by atoms with E-state index in [2.05, 4.69) is 11.4 Å². The number of carbonyl (C=O) groups is 2. The van der Waals surface area contributed by atoms with Gasteiger partial charge in [-0.1, -0.05) is 24.3 Å². The minimum Gasteiger partial charge on any atom is -0.478 e. The van der Waals surface area contributed by atoms with Gasteiger partial charge in [-0.2, -0.15) is 5.26 Å². The quantitative estimate of drug-likeness (QED) is 0.892. The molecular weight excluding hydrogens is 316 g/mol. The van der Waals surface area contributed by atoms with Crippen molar-refractivity contribution in [1.82, 2.24) is 0 Å². The lowest BCUT2D eigenvalue weighted by Crippen LogP contribution is -2.16. The Morgan fingerprint density at radius 2 is 1.72 bits per heavy atom. The summed E-state index contributed by atoms with van der Waals surface area (Å²) in [5.41, 5.74) is 3.62. The molecule has 0 unspecified atom stereocenters. The lowest BCUT2D eigenvalue weighted by atomic mass is 10.0. The SMILES string of the molecule is N#Cc1cccc(-c2ccc(NC(=O)C3=C(C(=O)O)CCC3)cc2)c1. The summed E-state index contributed by atoms with van der Waals surface area (Å²) in [6.07, 6.45) is 1.62. The molecule has 0 spiro atoms. The van der Waals surface area contributed by atoms with Crippen molar-refractivity contribution in [3.05, 3.63) is 65.2 Å². The molecule has 2 aromatic carbocycles. The van der Waals surface area contributed by atoms with Gasteiger partial charge in [-0.25, -0.2) is 4.79 Å². The Labute approximate surface area is 145 Å². The highest BCUT2D eigenvalue weighted by atomic mass is 16.4. The minimum absolute atomic E-state index is 0.211. The van der Waals surface area contributed by atoms with Crippen molar-refractivity contribution in [3.63, 3.8) is 0 Å². The van der Waals surface area contributed by atoms with Crippen LogP contribution < -0.4 is 5.32 Å². The molecule has 1 aliphatic rings. The second-order valence-electron chi connectivity index (χ2n) is 5.84. The zero-order valence-electron chi connectivity index (χ0n) is 13.5. The van der Waals surface area contributed by atoms with Gasteiger partial charge >= 0.3 is 5.97 Å². The van der Waals surface area contributed by atoms with Gasteiger partial charge in [0.1, 0.15) is 0 Å². The van der Waals surface area contributed by atoms with E-state index in [0.29, 0.717) is 36.1 Å². The Balaban J connectivity index is 1.77. The van der Waals surface area contributed by atoms with Gasteiger partial charge in [-0.15, -0.1) is 0 Å². The molecule has 0 heterocycles. The third kappa shape index (κ3) is 3.59. The number of carboxylic acid groups (broad SMARTS) is 1. The normalized spacial score (nSPS) is 13.4. The van der Waals surface area contributed by atoms with E-state index in [1.807, 2.05) is 24.3 Å². The third-order valence-electron chi connectivity index (χ3n) is 4.22. The Hall–Kier alpha value is -3.39. The zero-order chi connectivity index (χ0) is 17.8. The van der Waals surface area contributed by atoms with Crippen LogP contribution in [-0.2, 0) is 9.59 Å². The van der Waals surface area contributed by atoms with Gasteiger partial charge in [0, 0.05) is 16.8 Å². The molecule has 0 atom stereocenters. The Morgan fingerprint density at radius 1 is 1.00 bits per heavy atom. The number of carbonyl (C=O) groups excluding carboxylic acids is 1. The van der Waals surface area contributed by atoms with Gasteiger partial charge in [0.2, 0.25) is 0 Å². The van der Waals surface area contributed by atoms with E-state index < -0.39 is 5.97 Å². The summed E-state index contributed by atoms with van der Waals surface area (Å²) in [6, 6.07) is 16.6. The van der Waals surface area contributed by atoms with Crippen LogP contribution >= 0.6 is 0 Å². The van der Waals surface area contributed by atoms with Crippen molar-refractivity contribution < 1.29 is 14.7 Å². The number of benzene rings is 2. The average molecular weight is 332 g/mol. The maximum atomic E-state index is 12.3. The first-order valence-corrected chi connectivity index (χ1v) is 7.96. The fourth-order valence-corrected chi connectivity index (χ4v) is 2.95. The number of nitrogens with one attached hydrogen (secondary N) is 1. The molecule has 2 aromatic rings. The van der Waals surface area contributed by atoms with Crippen molar-refractivity contribution >= 4 is 17.6 Å². The lowest BCUT2D eigenvalue weighted by molar-refractivity contribution is -0.133. The van der Waals surface area contributed by atoms with E-state index in [1.54, 1.807) is 24.3 Å². The van der Waals surface area contributed by atoms with Crippen LogP contribution in [0.15, 0.2) is 59.7 Å². The summed E-state index contributed by atoms with van der Waals surface area (Å²) in [5, 5.41) is 20.9. The summed E-state index contributed by atoms with van der Waals surface area (Å²) in [7, 11) is 0. The molecule has 1 aliphatic carbocycles. The maximum Gasteiger partial charge on any atom is 0.332 e. The lowest BCUT2D eigenvalue weighted by Gasteiger charge is -2.08. The van der Waals surface area contributed by atoms with E-state index in [4.69, 9.17) is 10.4 Å². The Morgan fingerprint density at radius 3 is 2.40 bits per heavy atom. The van der Waals surface area contributed by atoms with Gasteiger partial charge in [-0.3, -0.25) is 4.79 Å². The molecule has 0 saturated heterocycles.